The van der Waals surface area contributed by atoms with Crippen molar-refractivity contribution in [3.05, 3.63) is 30.0 Å². The Morgan fingerprint density at radius 2 is 2.00 bits per heavy atom. The van der Waals surface area contributed by atoms with E-state index in [-0.39, 0.29) is 0 Å². The Morgan fingerprint density at radius 1 is 1.32 bits per heavy atom. The molecular formula is C16H22N2O. The van der Waals surface area contributed by atoms with Gasteiger partial charge in [0, 0.05) is 18.9 Å². The standard InChI is InChI=1S/C16H22N2O/c1-12-7-9-16(19,10-8-12)11-14-13-5-3-4-6-15(13)18(2)17-14/h3-6,12,19H,7-11H2,1-2H3. The minimum atomic E-state index is -0.552. The predicted molar refractivity (Wildman–Crippen MR) is 77.0 cm³/mol. The van der Waals surface area contributed by atoms with Crippen molar-refractivity contribution in [2.24, 2.45) is 13.0 Å². The number of aromatic nitrogens is 2. The summed E-state index contributed by atoms with van der Waals surface area (Å²) in [6.07, 6.45) is 4.74. The lowest BCUT2D eigenvalue weighted by molar-refractivity contribution is -0.00728. The van der Waals surface area contributed by atoms with Crippen molar-refractivity contribution in [3.8, 4) is 0 Å². The van der Waals surface area contributed by atoms with Crippen LogP contribution in [0.25, 0.3) is 10.9 Å². The number of benzene rings is 1. The maximum atomic E-state index is 10.8. The molecule has 0 aliphatic heterocycles. The highest BCUT2D eigenvalue weighted by Gasteiger charge is 2.33. The summed E-state index contributed by atoms with van der Waals surface area (Å²) in [5.41, 5.74) is 1.63. The lowest BCUT2D eigenvalue weighted by atomic mass is 9.77. The van der Waals surface area contributed by atoms with Crippen LogP contribution in [-0.2, 0) is 13.5 Å². The van der Waals surface area contributed by atoms with Crippen LogP contribution in [0.5, 0.6) is 0 Å². The fourth-order valence-electron chi connectivity index (χ4n) is 3.21. The maximum absolute atomic E-state index is 10.8. The van der Waals surface area contributed by atoms with Crippen molar-refractivity contribution in [2.45, 2.75) is 44.6 Å². The molecule has 1 N–H and O–H groups in total. The second kappa shape index (κ2) is 4.64. The van der Waals surface area contributed by atoms with Gasteiger partial charge in [-0.3, -0.25) is 4.68 Å². The molecule has 0 saturated heterocycles. The molecule has 102 valence electrons. The molecule has 1 heterocycles. The minimum Gasteiger partial charge on any atom is -0.389 e. The number of aryl methyl sites for hydroxylation is 1. The Morgan fingerprint density at radius 3 is 2.74 bits per heavy atom. The van der Waals surface area contributed by atoms with Gasteiger partial charge in [-0.15, -0.1) is 0 Å². The zero-order valence-electron chi connectivity index (χ0n) is 11.8. The fourth-order valence-corrected chi connectivity index (χ4v) is 3.21. The van der Waals surface area contributed by atoms with Crippen molar-refractivity contribution in [1.29, 1.82) is 0 Å². The molecule has 0 spiro atoms. The molecule has 1 saturated carbocycles. The summed E-state index contributed by atoms with van der Waals surface area (Å²) in [5, 5.41) is 16.5. The number of fused-ring (bicyclic) bond motifs is 1. The molecule has 1 aromatic carbocycles. The van der Waals surface area contributed by atoms with Crippen LogP contribution < -0.4 is 0 Å². The normalized spacial score (nSPS) is 27.8. The van der Waals surface area contributed by atoms with Crippen molar-refractivity contribution in [3.63, 3.8) is 0 Å². The van der Waals surface area contributed by atoms with Crippen LogP contribution in [0, 0.1) is 5.92 Å². The van der Waals surface area contributed by atoms with E-state index < -0.39 is 5.60 Å². The Labute approximate surface area is 114 Å². The number of nitrogens with zero attached hydrogens (tertiary/aromatic N) is 2. The second-order valence-corrected chi connectivity index (χ2v) is 6.17. The fraction of sp³-hybridized carbons (Fsp3) is 0.562. The monoisotopic (exact) mass is 258 g/mol. The summed E-state index contributed by atoms with van der Waals surface area (Å²) < 4.78 is 1.92. The van der Waals surface area contributed by atoms with Crippen LogP contribution in [0.4, 0.5) is 0 Å². The highest BCUT2D eigenvalue weighted by Crippen LogP contribution is 2.35. The molecule has 3 nitrogen and oxygen atoms in total. The van der Waals surface area contributed by atoms with E-state index >= 15 is 0 Å². The topological polar surface area (TPSA) is 38.1 Å². The van der Waals surface area contributed by atoms with Crippen molar-refractivity contribution >= 4 is 10.9 Å². The van der Waals surface area contributed by atoms with E-state index in [1.54, 1.807) is 0 Å². The first kappa shape index (κ1) is 12.7. The lowest BCUT2D eigenvalue weighted by Gasteiger charge is -2.34. The number of aliphatic hydroxyl groups is 1. The molecule has 0 amide bonds. The number of hydrogen-bond donors (Lipinski definition) is 1. The van der Waals surface area contributed by atoms with Gasteiger partial charge in [-0.25, -0.2) is 0 Å². The first-order valence-corrected chi connectivity index (χ1v) is 7.20. The zero-order valence-corrected chi connectivity index (χ0v) is 11.8. The van der Waals surface area contributed by atoms with Crippen molar-refractivity contribution < 1.29 is 5.11 Å². The van der Waals surface area contributed by atoms with Gasteiger partial charge in [0.2, 0.25) is 0 Å². The Bertz CT molecular complexity index is 579. The summed E-state index contributed by atoms with van der Waals surface area (Å²) in [6, 6.07) is 8.26. The molecule has 3 rings (SSSR count). The van der Waals surface area contributed by atoms with Gasteiger partial charge >= 0.3 is 0 Å². The summed E-state index contributed by atoms with van der Waals surface area (Å²) >= 11 is 0. The molecule has 1 aliphatic rings. The Kier molecular flexibility index (Phi) is 3.09. The van der Waals surface area contributed by atoms with Gasteiger partial charge in [-0.2, -0.15) is 5.10 Å². The van der Waals surface area contributed by atoms with E-state index in [1.165, 1.54) is 5.39 Å². The molecule has 1 aromatic heterocycles. The van der Waals surface area contributed by atoms with Crippen LogP contribution in [0.1, 0.15) is 38.3 Å². The predicted octanol–water partition coefficient (Wildman–Crippen LogP) is 3.06. The van der Waals surface area contributed by atoms with E-state index in [0.29, 0.717) is 6.42 Å². The van der Waals surface area contributed by atoms with E-state index in [9.17, 15) is 5.11 Å². The highest BCUT2D eigenvalue weighted by atomic mass is 16.3. The average Bonchev–Trinajstić information content (AvgIpc) is 2.71. The molecule has 0 bridgehead atoms. The largest absolute Gasteiger partial charge is 0.389 e. The Balaban J connectivity index is 1.89. The van der Waals surface area contributed by atoms with Gasteiger partial charge in [0.15, 0.2) is 0 Å². The molecule has 0 radical (unpaired) electrons. The molecule has 3 heteroatoms. The van der Waals surface area contributed by atoms with Gasteiger partial charge < -0.3 is 5.11 Å². The van der Waals surface area contributed by atoms with Gasteiger partial charge in [0.05, 0.1) is 16.8 Å². The number of rotatable bonds is 2. The molecular weight excluding hydrogens is 236 g/mol. The van der Waals surface area contributed by atoms with E-state index in [2.05, 4.69) is 24.2 Å². The van der Waals surface area contributed by atoms with Gasteiger partial charge in [-0.05, 0) is 37.7 Å². The smallest absolute Gasteiger partial charge is 0.0731 e. The van der Waals surface area contributed by atoms with Crippen LogP contribution in [0.15, 0.2) is 24.3 Å². The highest BCUT2D eigenvalue weighted by molar-refractivity contribution is 5.81. The first-order chi connectivity index (χ1) is 9.07. The molecule has 19 heavy (non-hydrogen) atoms. The molecule has 2 aromatic rings. The summed E-state index contributed by atoms with van der Waals surface area (Å²) in [5.74, 6) is 0.751. The lowest BCUT2D eigenvalue weighted by Crippen LogP contribution is -2.36. The van der Waals surface area contributed by atoms with Gasteiger partial charge in [0.1, 0.15) is 0 Å². The van der Waals surface area contributed by atoms with Crippen LogP contribution >= 0.6 is 0 Å². The number of hydrogen-bond acceptors (Lipinski definition) is 2. The average molecular weight is 258 g/mol. The summed E-state index contributed by atoms with van der Waals surface area (Å²) in [7, 11) is 1.97. The molecule has 1 fully saturated rings. The van der Waals surface area contributed by atoms with Crippen molar-refractivity contribution in [1.82, 2.24) is 9.78 Å². The minimum absolute atomic E-state index is 0.552. The third kappa shape index (κ3) is 2.39. The van der Waals surface area contributed by atoms with Crippen LogP contribution in [-0.4, -0.2) is 20.5 Å². The quantitative estimate of drug-likeness (QED) is 0.899. The SMILES string of the molecule is CC1CCC(O)(Cc2nn(C)c3ccccc23)CC1. The van der Waals surface area contributed by atoms with E-state index in [0.717, 1.165) is 42.8 Å². The maximum Gasteiger partial charge on any atom is 0.0731 e. The molecule has 1 aliphatic carbocycles. The Hall–Kier alpha value is -1.35. The summed E-state index contributed by atoms with van der Waals surface area (Å²) in [6.45, 7) is 2.27. The second-order valence-electron chi connectivity index (χ2n) is 6.17. The van der Waals surface area contributed by atoms with E-state index in [4.69, 9.17) is 0 Å². The van der Waals surface area contributed by atoms with E-state index in [1.807, 2.05) is 23.9 Å². The molecule has 0 atom stereocenters. The zero-order chi connectivity index (χ0) is 13.5. The molecule has 0 unspecified atom stereocenters. The third-order valence-corrected chi connectivity index (χ3v) is 4.54. The third-order valence-electron chi connectivity index (χ3n) is 4.54. The summed E-state index contributed by atoms with van der Waals surface area (Å²) in [4.78, 5) is 0. The number of para-hydroxylation sites is 1. The first-order valence-electron chi connectivity index (χ1n) is 7.20. The van der Waals surface area contributed by atoms with Gasteiger partial charge in [0.25, 0.3) is 0 Å². The van der Waals surface area contributed by atoms with Crippen LogP contribution in [0.2, 0.25) is 0 Å². The van der Waals surface area contributed by atoms with Gasteiger partial charge in [-0.1, -0.05) is 25.1 Å². The van der Waals surface area contributed by atoms with Crippen LogP contribution in [0.3, 0.4) is 0 Å². The van der Waals surface area contributed by atoms with Crippen molar-refractivity contribution in [2.75, 3.05) is 0 Å².